The fraction of sp³-hybridized carbons (Fsp3) is 0.160. The van der Waals surface area contributed by atoms with E-state index in [9.17, 15) is 14.9 Å². The summed E-state index contributed by atoms with van der Waals surface area (Å²) in [6, 6.07) is 19.5. The molecule has 30 heavy (non-hydrogen) atoms. The molecule has 0 saturated heterocycles. The Morgan fingerprint density at radius 2 is 1.57 bits per heavy atom. The molecule has 3 aromatic rings. The smallest absolute Gasteiger partial charge is 0.340 e. The number of H-pyrrole nitrogens is 1. The van der Waals surface area contributed by atoms with Crippen LogP contribution in [0.1, 0.15) is 44.6 Å². The van der Waals surface area contributed by atoms with Crippen molar-refractivity contribution in [3.05, 3.63) is 88.2 Å². The zero-order valence-corrected chi connectivity index (χ0v) is 17.2. The molecule has 1 heterocycles. The number of aromatic nitrogens is 1. The number of nitrogens with one attached hydrogen (secondary N) is 1. The molecule has 2 aromatic carbocycles. The third-order valence-electron chi connectivity index (χ3n) is 4.78. The lowest BCUT2D eigenvalue weighted by atomic mass is 9.97. The monoisotopic (exact) mass is 398 g/mol. The molecular formula is C25H22N2O3. The number of ketones is 1. The van der Waals surface area contributed by atoms with Crippen molar-refractivity contribution < 1.29 is 14.3 Å². The maximum absolute atomic E-state index is 13.1. The first-order valence-corrected chi connectivity index (χ1v) is 9.64. The molecule has 0 fully saturated rings. The number of nitrogens with zero attached hydrogens (tertiary/aromatic N) is 1. The van der Waals surface area contributed by atoms with E-state index in [1.807, 2.05) is 60.7 Å². The molecule has 5 heteroatoms. The van der Waals surface area contributed by atoms with Gasteiger partial charge in [-0.1, -0.05) is 54.6 Å². The van der Waals surface area contributed by atoms with Gasteiger partial charge in [-0.25, -0.2) is 4.79 Å². The van der Waals surface area contributed by atoms with Gasteiger partial charge in [-0.15, -0.1) is 0 Å². The molecule has 0 aliphatic carbocycles. The number of esters is 1. The van der Waals surface area contributed by atoms with Crippen molar-refractivity contribution in [2.45, 2.75) is 20.8 Å². The molecule has 150 valence electrons. The normalized spacial score (nSPS) is 11.1. The minimum Gasteiger partial charge on any atom is -0.462 e. The Balaban J connectivity index is 1.95. The summed E-state index contributed by atoms with van der Waals surface area (Å²) in [6.45, 7) is 5.31. The first-order valence-electron chi connectivity index (χ1n) is 9.64. The Labute approximate surface area is 175 Å². The van der Waals surface area contributed by atoms with Crippen molar-refractivity contribution in [2.24, 2.45) is 0 Å². The van der Waals surface area contributed by atoms with Crippen molar-refractivity contribution in [1.29, 1.82) is 5.26 Å². The summed E-state index contributed by atoms with van der Waals surface area (Å²) in [5.74, 6) is -1.08. The van der Waals surface area contributed by atoms with Gasteiger partial charge in [0.1, 0.15) is 11.6 Å². The molecule has 5 nitrogen and oxygen atoms in total. The van der Waals surface area contributed by atoms with Crippen LogP contribution in [0.4, 0.5) is 0 Å². The molecule has 1 N–H and O–H groups in total. The van der Waals surface area contributed by atoms with Crippen LogP contribution in [0.3, 0.4) is 0 Å². The molecule has 0 radical (unpaired) electrons. The summed E-state index contributed by atoms with van der Waals surface area (Å²) in [6.07, 6.45) is 1.54. The molecule has 3 rings (SSSR count). The molecule has 0 spiro atoms. The number of Topliss-reactive ketones (excluding diaryl/α,β-unsaturated/α-hetero) is 1. The highest BCUT2D eigenvalue weighted by Crippen LogP contribution is 2.25. The topological polar surface area (TPSA) is 83.0 Å². The summed E-state index contributed by atoms with van der Waals surface area (Å²) < 4.78 is 5.09. The molecule has 0 saturated carbocycles. The Morgan fingerprint density at radius 3 is 2.17 bits per heavy atom. The van der Waals surface area contributed by atoms with Gasteiger partial charge < -0.3 is 9.72 Å². The van der Waals surface area contributed by atoms with Crippen LogP contribution in [0.25, 0.3) is 17.2 Å². The Morgan fingerprint density at radius 1 is 0.967 bits per heavy atom. The number of ether oxygens (including phenoxy) is 1. The van der Waals surface area contributed by atoms with E-state index in [-0.39, 0.29) is 23.3 Å². The number of aromatic amines is 1. The van der Waals surface area contributed by atoms with Crippen LogP contribution in [0, 0.1) is 25.2 Å². The average molecular weight is 398 g/mol. The molecular weight excluding hydrogens is 376 g/mol. The second-order valence-electron chi connectivity index (χ2n) is 6.83. The van der Waals surface area contributed by atoms with Gasteiger partial charge in [0.2, 0.25) is 5.78 Å². The first kappa shape index (κ1) is 20.8. The molecule has 0 atom stereocenters. The minimum absolute atomic E-state index is 0.0462. The summed E-state index contributed by atoms with van der Waals surface area (Å²) in [7, 11) is 0. The molecule has 0 aliphatic rings. The van der Waals surface area contributed by atoms with Gasteiger partial charge in [0, 0.05) is 11.4 Å². The molecule has 0 bridgehead atoms. The van der Waals surface area contributed by atoms with Gasteiger partial charge in [-0.05, 0) is 43.5 Å². The number of aryl methyl sites for hydroxylation is 2. The predicted octanol–water partition coefficient (Wildman–Crippen LogP) is 5.27. The number of benzene rings is 2. The number of carbonyl (C=O) groups is 2. The predicted molar refractivity (Wildman–Crippen MR) is 116 cm³/mol. The summed E-state index contributed by atoms with van der Waals surface area (Å²) in [5.41, 5.74) is 4.23. The number of carbonyl (C=O) groups excluding carboxylic acids is 2. The van der Waals surface area contributed by atoms with Gasteiger partial charge in [-0.3, -0.25) is 4.79 Å². The van der Waals surface area contributed by atoms with Crippen LogP contribution in [0.2, 0.25) is 0 Å². The van der Waals surface area contributed by atoms with Crippen molar-refractivity contribution in [3.63, 3.8) is 0 Å². The van der Waals surface area contributed by atoms with E-state index in [4.69, 9.17) is 4.74 Å². The summed E-state index contributed by atoms with van der Waals surface area (Å²) >= 11 is 0. The first-order chi connectivity index (χ1) is 14.5. The number of allylic oxidation sites excluding steroid dienone is 1. The third kappa shape index (κ3) is 4.23. The van der Waals surface area contributed by atoms with Gasteiger partial charge in [0.05, 0.1) is 17.7 Å². The van der Waals surface area contributed by atoms with Crippen LogP contribution in [-0.2, 0) is 4.74 Å². The Kier molecular flexibility index (Phi) is 6.29. The van der Waals surface area contributed by atoms with E-state index in [1.54, 1.807) is 20.8 Å². The highest BCUT2D eigenvalue weighted by molar-refractivity contribution is 6.19. The minimum atomic E-state index is -0.577. The largest absolute Gasteiger partial charge is 0.462 e. The molecule has 1 aromatic heterocycles. The average Bonchev–Trinajstić information content (AvgIpc) is 3.06. The van der Waals surface area contributed by atoms with E-state index in [0.717, 1.165) is 16.7 Å². The van der Waals surface area contributed by atoms with E-state index in [1.165, 1.54) is 6.08 Å². The Hall–Kier alpha value is -3.91. The summed E-state index contributed by atoms with van der Waals surface area (Å²) in [4.78, 5) is 28.5. The third-order valence-corrected chi connectivity index (χ3v) is 4.78. The lowest BCUT2D eigenvalue weighted by Gasteiger charge is -2.06. The van der Waals surface area contributed by atoms with E-state index < -0.39 is 11.8 Å². The van der Waals surface area contributed by atoms with E-state index >= 15 is 0 Å². The van der Waals surface area contributed by atoms with E-state index in [2.05, 4.69) is 4.98 Å². The Bertz CT molecular complexity index is 1150. The van der Waals surface area contributed by atoms with E-state index in [0.29, 0.717) is 11.4 Å². The second-order valence-corrected chi connectivity index (χ2v) is 6.83. The van der Waals surface area contributed by atoms with Crippen LogP contribution < -0.4 is 0 Å². The molecule has 0 unspecified atom stereocenters. The zero-order chi connectivity index (χ0) is 21.7. The standard InChI is InChI=1S/C25H22N2O3/c1-4-30-25(29)23-17(3)27-16(2)22(23)24(28)21(15-26)14-18-10-12-20(13-11-18)19-8-6-5-7-9-19/h5-14,27H,4H2,1-3H3/b21-14+. The van der Waals surface area contributed by atoms with Crippen molar-refractivity contribution in [2.75, 3.05) is 6.61 Å². The zero-order valence-electron chi connectivity index (χ0n) is 17.2. The lowest BCUT2D eigenvalue weighted by Crippen LogP contribution is -2.13. The number of hydrogen-bond acceptors (Lipinski definition) is 4. The SMILES string of the molecule is CCOC(=O)c1c(C)[nH]c(C)c1C(=O)/C(C#N)=C/c1ccc(-c2ccccc2)cc1. The quantitative estimate of drug-likeness (QED) is 0.265. The van der Waals surface area contributed by atoms with Crippen LogP contribution in [0.5, 0.6) is 0 Å². The van der Waals surface area contributed by atoms with Gasteiger partial charge in [0.15, 0.2) is 0 Å². The fourth-order valence-corrected chi connectivity index (χ4v) is 3.38. The van der Waals surface area contributed by atoms with Crippen molar-refractivity contribution in [3.8, 4) is 17.2 Å². The number of rotatable bonds is 6. The van der Waals surface area contributed by atoms with Crippen LogP contribution in [0.15, 0.2) is 60.2 Å². The van der Waals surface area contributed by atoms with Crippen LogP contribution >= 0.6 is 0 Å². The van der Waals surface area contributed by atoms with Gasteiger partial charge >= 0.3 is 5.97 Å². The molecule has 0 aliphatic heterocycles. The number of nitriles is 1. The molecule has 0 amide bonds. The van der Waals surface area contributed by atoms with Crippen LogP contribution in [-0.4, -0.2) is 23.3 Å². The maximum atomic E-state index is 13.1. The highest BCUT2D eigenvalue weighted by atomic mass is 16.5. The number of hydrogen-bond donors (Lipinski definition) is 1. The van der Waals surface area contributed by atoms with Gasteiger partial charge in [0.25, 0.3) is 0 Å². The van der Waals surface area contributed by atoms with Crippen molar-refractivity contribution in [1.82, 2.24) is 4.98 Å². The maximum Gasteiger partial charge on any atom is 0.340 e. The van der Waals surface area contributed by atoms with Gasteiger partial charge in [-0.2, -0.15) is 5.26 Å². The fourth-order valence-electron chi connectivity index (χ4n) is 3.38. The lowest BCUT2D eigenvalue weighted by molar-refractivity contribution is 0.0523. The second kappa shape index (κ2) is 9.06. The summed E-state index contributed by atoms with van der Waals surface area (Å²) in [5, 5.41) is 9.62. The van der Waals surface area contributed by atoms with Crippen molar-refractivity contribution >= 4 is 17.8 Å². The highest BCUT2D eigenvalue weighted by Gasteiger charge is 2.27.